The van der Waals surface area contributed by atoms with Crippen molar-refractivity contribution in [2.45, 2.75) is 31.8 Å². The minimum absolute atomic E-state index is 0.130. The van der Waals surface area contributed by atoms with Crippen molar-refractivity contribution >= 4 is 11.8 Å². The Morgan fingerprint density at radius 3 is 2.90 bits per heavy atom. The molecule has 1 aromatic rings. The third-order valence-corrected chi connectivity index (χ3v) is 4.85. The topological polar surface area (TPSA) is 68.2 Å². The van der Waals surface area contributed by atoms with Gasteiger partial charge in [0, 0.05) is 23.9 Å². The number of carbonyl (C=O) groups is 1. The van der Waals surface area contributed by atoms with Crippen LogP contribution in [0.3, 0.4) is 0 Å². The molecule has 3 fully saturated rings. The molecule has 2 saturated carbocycles. The molecule has 4 atom stereocenters. The van der Waals surface area contributed by atoms with Crippen LogP contribution in [0.4, 0.5) is 10.6 Å². The number of anilines is 1. The minimum atomic E-state index is -0.130. The van der Waals surface area contributed by atoms with E-state index in [-0.39, 0.29) is 6.03 Å². The van der Waals surface area contributed by atoms with E-state index < -0.39 is 0 Å². The first-order chi connectivity index (χ1) is 9.74. The number of hydrogen-bond acceptors (Lipinski definition) is 3. The molecule has 2 heterocycles. The van der Waals surface area contributed by atoms with Crippen LogP contribution in [-0.4, -0.2) is 35.1 Å². The van der Waals surface area contributed by atoms with Crippen molar-refractivity contribution in [2.75, 3.05) is 18.5 Å². The smallest absolute Gasteiger partial charge is 0.320 e. The lowest BCUT2D eigenvalue weighted by Gasteiger charge is -2.16. The lowest BCUT2D eigenvalue weighted by atomic mass is 10.2. The first kappa shape index (κ1) is 12.2. The Hall–Kier alpha value is -1.56. The molecule has 108 valence electrons. The van der Waals surface area contributed by atoms with Crippen LogP contribution in [0.5, 0.6) is 0 Å². The first-order valence-electron chi connectivity index (χ1n) is 7.43. The Labute approximate surface area is 117 Å². The second-order valence-electron chi connectivity index (χ2n) is 6.23. The van der Waals surface area contributed by atoms with Gasteiger partial charge in [-0.2, -0.15) is 5.10 Å². The molecule has 2 unspecified atom stereocenters. The maximum Gasteiger partial charge on any atom is 0.320 e. The summed E-state index contributed by atoms with van der Waals surface area (Å²) >= 11 is 0. The number of carbonyl (C=O) groups excluding carboxylic acids is 1. The molecule has 2 amide bonds. The molecule has 0 spiro atoms. The molecule has 6 heteroatoms. The van der Waals surface area contributed by atoms with Crippen molar-refractivity contribution in [3.63, 3.8) is 0 Å². The lowest BCUT2D eigenvalue weighted by Crippen LogP contribution is -2.34. The fraction of sp³-hybridized carbons (Fsp3) is 0.714. The number of urea groups is 1. The van der Waals surface area contributed by atoms with E-state index in [1.54, 1.807) is 6.20 Å². The van der Waals surface area contributed by atoms with Gasteiger partial charge in [0.15, 0.2) is 0 Å². The van der Waals surface area contributed by atoms with Crippen molar-refractivity contribution < 1.29 is 9.53 Å². The predicted molar refractivity (Wildman–Crippen MR) is 73.4 cm³/mol. The summed E-state index contributed by atoms with van der Waals surface area (Å²) in [6.07, 6.45) is 4.27. The van der Waals surface area contributed by atoms with E-state index in [1.165, 1.54) is 12.8 Å². The zero-order valence-corrected chi connectivity index (χ0v) is 11.6. The molecule has 1 aliphatic heterocycles. The standard InChI is InChI=1S/C14H20N4O2/c1-8(9-2-3-9)18-12(4-5-15-18)16-14(19)17-13-10-6-20-7-11(10)13/h4-5,8-11,13H,2-3,6-7H2,1H3,(H2,16,17,19)/t8?,10-,11+,13?. The largest absolute Gasteiger partial charge is 0.381 e. The molecule has 4 rings (SSSR count). The number of amides is 2. The molecule has 1 aromatic heterocycles. The molecule has 0 bridgehead atoms. The fourth-order valence-corrected chi connectivity index (χ4v) is 3.27. The van der Waals surface area contributed by atoms with Gasteiger partial charge in [0.25, 0.3) is 0 Å². The van der Waals surface area contributed by atoms with Crippen LogP contribution < -0.4 is 10.6 Å². The van der Waals surface area contributed by atoms with Gasteiger partial charge in [0.1, 0.15) is 5.82 Å². The Morgan fingerprint density at radius 2 is 2.20 bits per heavy atom. The van der Waals surface area contributed by atoms with Gasteiger partial charge in [-0.3, -0.25) is 5.32 Å². The summed E-state index contributed by atoms with van der Waals surface area (Å²) in [5.74, 6) is 2.54. The quantitative estimate of drug-likeness (QED) is 0.878. The fourth-order valence-electron chi connectivity index (χ4n) is 3.27. The third-order valence-electron chi connectivity index (χ3n) is 4.85. The minimum Gasteiger partial charge on any atom is -0.381 e. The van der Waals surface area contributed by atoms with Crippen LogP contribution in [0.15, 0.2) is 12.3 Å². The summed E-state index contributed by atoms with van der Waals surface area (Å²) in [5.41, 5.74) is 0. The van der Waals surface area contributed by atoms with Gasteiger partial charge >= 0.3 is 6.03 Å². The highest BCUT2D eigenvalue weighted by atomic mass is 16.5. The summed E-state index contributed by atoms with van der Waals surface area (Å²) in [6.45, 7) is 3.73. The van der Waals surface area contributed by atoms with Crippen molar-refractivity contribution in [1.29, 1.82) is 0 Å². The van der Waals surface area contributed by atoms with Gasteiger partial charge in [-0.05, 0) is 25.7 Å². The number of hydrogen-bond donors (Lipinski definition) is 2. The van der Waals surface area contributed by atoms with Crippen LogP contribution >= 0.6 is 0 Å². The van der Waals surface area contributed by atoms with Gasteiger partial charge in [0.05, 0.1) is 25.5 Å². The van der Waals surface area contributed by atoms with Crippen molar-refractivity contribution in [3.8, 4) is 0 Å². The second kappa shape index (κ2) is 4.48. The summed E-state index contributed by atoms with van der Waals surface area (Å²) in [4.78, 5) is 12.0. The molecule has 2 N–H and O–H groups in total. The van der Waals surface area contributed by atoms with Crippen LogP contribution in [0.1, 0.15) is 25.8 Å². The van der Waals surface area contributed by atoms with E-state index in [2.05, 4.69) is 22.7 Å². The van der Waals surface area contributed by atoms with E-state index in [4.69, 9.17) is 4.74 Å². The van der Waals surface area contributed by atoms with E-state index in [9.17, 15) is 4.79 Å². The molecular formula is C14H20N4O2. The number of nitrogens with one attached hydrogen (secondary N) is 2. The second-order valence-corrected chi connectivity index (χ2v) is 6.23. The van der Waals surface area contributed by atoms with Gasteiger partial charge in [0.2, 0.25) is 0 Å². The van der Waals surface area contributed by atoms with Gasteiger partial charge in [-0.15, -0.1) is 0 Å². The van der Waals surface area contributed by atoms with E-state index in [1.807, 2.05) is 10.7 Å². The Balaban J connectivity index is 1.36. The van der Waals surface area contributed by atoms with E-state index in [0.717, 1.165) is 19.0 Å². The summed E-state index contributed by atoms with van der Waals surface area (Å²) < 4.78 is 7.25. The molecule has 0 aromatic carbocycles. The number of aromatic nitrogens is 2. The number of ether oxygens (including phenoxy) is 1. The Kier molecular flexibility index (Phi) is 2.73. The first-order valence-corrected chi connectivity index (χ1v) is 7.43. The highest BCUT2D eigenvalue weighted by Crippen LogP contribution is 2.44. The van der Waals surface area contributed by atoms with Gasteiger partial charge in [-0.25, -0.2) is 9.48 Å². The van der Waals surface area contributed by atoms with Crippen LogP contribution in [0, 0.1) is 17.8 Å². The van der Waals surface area contributed by atoms with E-state index >= 15 is 0 Å². The molecule has 6 nitrogen and oxygen atoms in total. The van der Waals surface area contributed by atoms with Crippen molar-refractivity contribution in [2.24, 2.45) is 17.8 Å². The summed E-state index contributed by atoms with van der Waals surface area (Å²) in [5, 5.41) is 10.3. The van der Waals surface area contributed by atoms with Crippen molar-refractivity contribution in [3.05, 3.63) is 12.3 Å². The van der Waals surface area contributed by atoms with Crippen LogP contribution in [0.2, 0.25) is 0 Å². The average molecular weight is 276 g/mol. The SMILES string of the molecule is CC(C1CC1)n1nccc1NC(=O)NC1[C@H]2COC[C@@H]12. The average Bonchev–Trinajstić information content (AvgIpc) is 3.26. The highest BCUT2D eigenvalue weighted by molar-refractivity contribution is 5.88. The molecule has 20 heavy (non-hydrogen) atoms. The maximum atomic E-state index is 12.0. The van der Waals surface area contributed by atoms with Gasteiger partial charge in [-0.1, -0.05) is 0 Å². The van der Waals surface area contributed by atoms with Crippen molar-refractivity contribution in [1.82, 2.24) is 15.1 Å². The molecule has 2 aliphatic carbocycles. The number of rotatable bonds is 4. The normalized spacial score (nSPS) is 32.5. The predicted octanol–water partition coefficient (Wildman–Crippen LogP) is 1.62. The lowest BCUT2D eigenvalue weighted by molar-refractivity contribution is 0.156. The monoisotopic (exact) mass is 276 g/mol. The Morgan fingerprint density at radius 1 is 1.45 bits per heavy atom. The summed E-state index contributed by atoms with van der Waals surface area (Å²) in [7, 11) is 0. The number of fused-ring (bicyclic) bond motifs is 1. The number of nitrogens with zero attached hydrogens (tertiary/aromatic N) is 2. The third kappa shape index (κ3) is 2.08. The molecule has 3 aliphatic rings. The molecule has 1 saturated heterocycles. The van der Waals surface area contributed by atoms with Crippen LogP contribution in [0.25, 0.3) is 0 Å². The molecule has 0 radical (unpaired) electrons. The molecular weight excluding hydrogens is 256 g/mol. The van der Waals surface area contributed by atoms with Gasteiger partial charge < -0.3 is 10.1 Å². The maximum absolute atomic E-state index is 12.0. The Bertz CT molecular complexity index is 515. The zero-order valence-electron chi connectivity index (χ0n) is 11.6. The van der Waals surface area contributed by atoms with E-state index in [0.29, 0.717) is 29.8 Å². The zero-order chi connectivity index (χ0) is 13.7. The van der Waals surface area contributed by atoms with Crippen LogP contribution in [-0.2, 0) is 4.74 Å². The summed E-state index contributed by atoms with van der Waals surface area (Å²) in [6, 6.07) is 2.37. The highest BCUT2D eigenvalue weighted by Gasteiger charge is 2.54.